The Balaban J connectivity index is 0. The van der Waals surface area contributed by atoms with Crippen LogP contribution in [0.1, 0.15) is 0 Å². The standard InChI is InChI=1S/Al.N.3O/q2*+3;3*-2. The van der Waals surface area contributed by atoms with E-state index in [0.717, 1.165) is 0 Å². The molecular weight excluding hydrogens is 89.0 g/mol. The van der Waals surface area contributed by atoms with E-state index in [4.69, 9.17) is 0 Å². The van der Waals surface area contributed by atoms with Gasteiger partial charge in [0.15, 0.2) is 0 Å². The van der Waals surface area contributed by atoms with Crippen LogP contribution in [-0.2, 0) is 16.4 Å². The Morgan fingerprint density at radius 2 is 0.600 bits per heavy atom. The van der Waals surface area contributed by atoms with E-state index in [1.54, 1.807) is 0 Å². The smallest absolute Gasteiger partial charge is 2.00 e. The van der Waals surface area contributed by atoms with E-state index in [9.17, 15) is 0 Å². The van der Waals surface area contributed by atoms with Gasteiger partial charge in [0.1, 0.15) is 0 Å². The molecule has 0 aliphatic carbocycles. The van der Waals surface area contributed by atoms with Crippen molar-refractivity contribution in [2.75, 3.05) is 0 Å². The zero-order chi connectivity index (χ0) is 0. The summed E-state index contributed by atoms with van der Waals surface area (Å²) >= 11 is 0. The molecule has 0 atom stereocenters. The molecule has 0 saturated carbocycles. The van der Waals surface area contributed by atoms with Gasteiger partial charge in [-0.15, -0.1) is 0 Å². The van der Waals surface area contributed by atoms with Crippen molar-refractivity contribution in [3.63, 3.8) is 0 Å². The second-order valence-corrected chi connectivity index (χ2v) is 0. The minimum absolute atomic E-state index is 0. The summed E-state index contributed by atoms with van der Waals surface area (Å²) in [6, 6.07) is 0. The molecule has 0 bridgehead atoms. The first-order valence-electron chi connectivity index (χ1n) is 0. The van der Waals surface area contributed by atoms with Crippen LogP contribution >= 0.6 is 0 Å². The number of rotatable bonds is 0. The van der Waals surface area contributed by atoms with Gasteiger partial charge in [0.2, 0.25) is 0 Å². The molecule has 0 fully saturated rings. The fraction of sp³-hybridized carbons (Fsp3) is 0. The van der Waals surface area contributed by atoms with Crippen LogP contribution in [0.3, 0.4) is 0 Å². The third kappa shape index (κ3) is 1240. The third-order valence-electron chi connectivity index (χ3n) is 0. The summed E-state index contributed by atoms with van der Waals surface area (Å²) in [7, 11) is 0. The molecule has 5 heteroatoms. The van der Waals surface area contributed by atoms with Gasteiger partial charge < -0.3 is 16.4 Å². The molecule has 0 aromatic heterocycles. The SMILES string of the molecule is [Al+3].[N+3].[O-2].[O-2].[O-2]. The molecule has 2 radical (unpaired) electrons. The molecule has 0 heterocycles. The van der Waals surface area contributed by atoms with Gasteiger partial charge in [0.05, 0.1) is 0 Å². The molecule has 0 N–H and O–H groups in total. The normalized spacial score (nSPS) is 0. The molecule has 0 aromatic rings. The Hall–Kier alpha value is 0.122. The van der Waals surface area contributed by atoms with E-state index in [1.807, 2.05) is 0 Å². The van der Waals surface area contributed by atoms with Gasteiger partial charge in [-0.1, -0.05) is 0 Å². The second kappa shape index (κ2) is 2680. The first kappa shape index (κ1) is 5800. The summed E-state index contributed by atoms with van der Waals surface area (Å²) < 4.78 is 0. The molecule has 5 heavy (non-hydrogen) atoms. The van der Waals surface area contributed by atoms with Crippen molar-refractivity contribution >= 4 is 17.4 Å². The molecular formula is AlNO3. The number of nitrogens with zero attached hydrogens (tertiary/aromatic N) is 1. The Bertz CT molecular complexity index is 6.85. The predicted molar refractivity (Wildman–Crippen MR) is 9.95 cm³/mol. The van der Waals surface area contributed by atoms with Gasteiger partial charge in [-0.3, -0.25) is 0 Å². The predicted octanol–water partition coefficient (Wildman–Crippen LogP) is -1.22. The van der Waals surface area contributed by atoms with Crippen molar-refractivity contribution in [2.24, 2.45) is 0 Å². The number of hydrogen-bond donors (Lipinski definition) is 0. The Morgan fingerprint density at radius 3 is 0.600 bits per heavy atom. The fourth-order valence-electron chi connectivity index (χ4n) is 0. The van der Waals surface area contributed by atoms with E-state index < -0.39 is 0 Å². The first-order valence-corrected chi connectivity index (χ1v) is 0. The van der Waals surface area contributed by atoms with Gasteiger partial charge >= 0.3 is 23.5 Å². The zero-order valence-corrected chi connectivity index (χ0v) is 3.40. The van der Waals surface area contributed by atoms with Crippen molar-refractivity contribution in [1.29, 1.82) is 0 Å². The topological polar surface area (TPSA) is 116 Å². The molecule has 0 rings (SSSR count). The minimum Gasteiger partial charge on any atom is -2.00 e. The molecule has 0 saturated heterocycles. The van der Waals surface area contributed by atoms with Crippen LogP contribution in [0.25, 0.3) is 0 Å². The summed E-state index contributed by atoms with van der Waals surface area (Å²) in [5, 5.41) is 0. The van der Waals surface area contributed by atoms with E-state index in [1.165, 1.54) is 0 Å². The third-order valence-corrected chi connectivity index (χ3v) is 0. The summed E-state index contributed by atoms with van der Waals surface area (Å²) in [5.74, 6) is 0. The van der Waals surface area contributed by atoms with E-state index >= 15 is 0 Å². The van der Waals surface area contributed by atoms with Crippen LogP contribution in [0, 0.1) is 0 Å². The summed E-state index contributed by atoms with van der Waals surface area (Å²) in [6.45, 7) is 0. The van der Waals surface area contributed by atoms with Crippen LogP contribution < -0.4 is 6.15 Å². The van der Waals surface area contributed by atoms with Crippen LogP contribution in [0.15, 0.2) is 0 Å². The maximum atomic E-state index is 0. The molecule has 0 unspecified atom stereocenters. The van der Waals surface area contributed by atoms with Crippen LogP contribution in [-0.4, -0.2) is 17.4 Å². The number of hydrogen-bond acceptors (Lipinski definition) is 0. The van der Waals surface area contributed by atoms with Gasteiger partial charge in [-0.2, -0.15) is 0 Å². The van der Waals surface area contributed by atoms with Crippen molar-refractivity contribution in [3.05, 3.63) is 0 Å². The van der Waals surface area contributed by atoms with Crippen molar-refractivity contribution in [3.8, 4) is 0 Å². The maximum Gasteiger partial charge on any atom is 3.00 e. The van der Waals surface area contributed by atoms with E-state index in [-0.39, 0.29) is 39.9 Å². The van der Waals surface area contributed by atoms with Crippen LogP contribution in [0.4, 0.5) is 0 Å². The first-order chi connectivity index (χ1) is 0. The van der Waals surface area contributed by atoms with Crippen molar-refractivity contribution < 1.29 is 16.4 Å². The maximum absolute atomic E-state index is 0. The average Bonchev–Trinajstić information content (AvgIpc) is 0. The molecule has 0 aromatic carbocycles. The second-order valence-electron chi connectivity index (χ2n) is 0. The van der Waals surface area contributed by atoms with Gasteiger partial charge in [-0.05, 0) is 0 Å². The summed E-state index contributed by atoms with van der Waals surface area (Å²) in [5.41, 5.74) is 0. The summed E-state index contributed by atoms with van der Waals surface area (Å²) in [6.07, 6.45) is 0. The fourth-order valence-corrected chi connectivity index (χ4v) is 0. The Labute approximate surface area is 40.8 Å². The quantitative estimate of drug-likeness (QED) is 0.331. The van der Waals surface area contributed by atoms with E-state index in [0.29, 0.717) is 0 Å². The van der Waals surface area contributed by atoms with Crippen molar-refractivity contribution in [2.45, 2.75) is 0 Å². The van der Waals surface area contributed by atoms with E-state index in [2.05, 4.69) is 0 Å². The summed E-state index contributed by atoms with van der Waals surface area (Å²) in [4.78, 5) is 0. The zero-order valence-electron chi connectivity index (χ0n) is 2.25. The van der Waals surface area contributed by atoms with Crippen LogP contribution in [0.2, 0.25) is 0 Å². The van der Waals surface area contributed by atoms with Gasteiger partial charge in [-0.25, -0.2) is 0 Å². The molecule has 0 spiro atoms. The minimum atomic E-state index is 0. The molecule has 4 nitrogen and oxygen atoms in total. The Kier molecular flexibility index (Phi) is 3110000. The van der Waals surface area contributed by atoms with Crippen LogP contribution in [0.5, 0.6) is 0 Å². The molecule has 0 aliphatic rings. The van der Waals surface area contributed by atoms with Gasteiger partial charge in [0, 0.05) is 0 Å². The van der Waals surface area contributed by atoms with Crippen molar-refractivity contribution in [1.82, 2.24) is 6.15 Å². The molecule has 26 valence electrons. The monoisotopic (exact) mass is 89.0 g/mol. The molecule has 0 amide bonds. The van der Waals surface area contributed by atoms with Gasteiger partial charge in [0.25, 0.3) is 0 Å². The average molecular weight is 89.0 g/mol. The molecule has 0 aliphatic heterocycles. The largest absolute Gasteiger partial charge is 3.00 e. The Morgan fingerprint density at radius 1 is 0.600 bits per heavy atom.